The van der Waals surface area contributed by atoms with Gasteiger partial charge >= 0.3 is 0 Å². The molecule has 1 atom stereocenters. The van der Waals surface area contributed by atoms with E-state index in [0.29, 0.717) is 6.61 Å². The minimum absolute atomic E-state index is 0.0622. The van der Waals surface area contributed by atoms with Crippen LogP contribution in [0.15, 0.2) is 24.3 Å². The molecule has 0 aliphatic rings. The van der Waals surface area contributed by atoms with E-state index in [4.69, 9.17) is 9.47 Å². The number of likely N-dealkylation sites (N-methyl/N-ethyl adjacent to an activating group) is 1. The predicted molar refractivity (Wildman–Crippen MR) is 76.8 cm³/mol. The molecule has 0 fully saturated rings. The second-order valence-electron chi connectivity index (χ2n) is 4.80. The van der Waals surface area contributed by atoms with Crippen molar-refractivity contribution >= 4 is 5.91 Å². The maximum Gasteiger partial charge on any atom is 0.225 e. The highest BCUT2D eigenvalue weighted by Crippen LogP contribution is 2.12. The number of ether oxygens (including phenoxy) is 2. The average molecular weight is 281 g/mol. The number of carbonyl (C=O) groups excluding carboxylic acids is 1. The van der Waals surface area contributed by atoms with Crippen molar-refractivity contribution in [3.63, 3.8) is 0 Å². The third-order valence-electron chi connectivity index (χ3n) is 2.84. The van der Waals surface area contributed by atoms with Crippen LogP contribution in [0, 0.1) is 6.92 Å². The van der Waals surface area contributed by atoms with Crippen LogP contribution in [0.2, 0.25) is 0 Å². The largest absolute Gasteiger partial charge is 0.493 e. The number of aliphatic hydroxyl groups is 1. The van der Waals surface area contributed by atoms with Gasteiger partial charge in [0, 0.05) is 20.7 Å². The summed E-state index contributed by atoms with van der Waals surface area (Å²) in [5, 5.41) is 9.55. The van der Waals surface area contributed by atoms with E-state index in [0.717, 1.165) is 11.3 Å². The van der Waals surface area contributed by atoms with E-state index in [9.17, 15) is 9.90 Å². The molecular weight excluding hydrogens is 258 g/mol. The lowest BCUT2D eigenvalue weighted by atomic mass is 10.2. The van der Waals surface area contributed by atoms with Crippen molar-refractivity contribution in [1.29, 1.82) is 0 Å². The van der Waals surface area contributed by atoms with Gasteiger partial charge in [0.05, 0.1) is 25.7 Å². The summed E-state index contributed by atoms with van der Waals surface area (Å²) in [5.41, 5.74) is 1.12. The molecule has 1 aromatic rings. The molecule has 0 aromatic heterocycles. The van der Waals surface area contributed by atoms with Crippen molar-refractivity contribution in [3.8, 4) is 5.75 Å². The number of hydrogen-bond acceptors (Lipinski definition) is 4. The molecule has 0 saturated carbocycles. The van der Waals surface area contributed by atoms with Gasteiger partial charge in [-0.1, -0.05) is 12.1 Å². The summed E-state index contributed by atoms with van der Waals surface area (Å²) in [4.78, 5) is 13.3. The average Bonchev–Trinajstić information content (AvgIpc) is 2.38. The second kappa shape index (κ2) is 8.55. The lowest BCUT2D eigenvalue weighted by Gasteiger charge is -2.20. The summed E-state index contributed by atoms with van der Waals surface area (Å²) in [5.74, 6) is 0.702. The Balaban J connectivity index is 2.28. The minimum Gasteiger partial charge on any atom is -0.493 e. The van der Waals surface area contributed by atoms with E-state index in [1.54, 1.807) is 7.05 Å². The molecule has 0 spiro atoms. The topological polar surface area (TPSA) is 59.0 Å². The van der Waals surface area contributed by atoms with Crippen molar-refractivity contribution < 1.29 is 19.4 Å². The Hall–Kier alpha value is -1.59. The molecule has 20 heavy (non-hydrogen) atoms. The van der Waals surface area contributed by atoms with E-state index in [-0.39, 0.29) is 25.5 Å². The molecule has 5 nitrogen and oxygen atoms in total. The van der Waals surface area contributed by atoms with Crippen LogP contribution < -0.4 is 4.74 Å². The number of methoxy groups -OCH3 is 1. The van der Waals surface area contributed by atoms with Crippen LogP contribution in [0.25, 0.3) is 0 Å². The molecule has 0 aliphatic carbocycles. The Morgan fingerprint density at radius 2 is 2.20 bits per heavy atom. The zero-order valence-corrected chi connectivity index (χ0v) is 12.3. The van der Waals surface area contributed by atoms with Gasteiger partial charge in [0.15, 0.2) is 0 Å². The van der Waals surface area contributed by atoms with Gasteiger partial charge in [-0.05, 0) is 24.6 Å². The first-order valence-electron chi connectivity index (χ1n) is 6.63. The minimum atomic E-state index is -0.661. The van der Waals surface area contributed by atoms with Gasteiger partial charge in [0.2, 0.25) is 5.91 Å². The third kappa shape index (κ3) is 6.04. The third-order valence-corrected chi connectivity index (χ3v) is 2.84. The number of rotatable bonds is 8. The van der Waals surface area contributed by atoms with Crippen molar-refractivity contribution in [2.75, 3.05) is 33.9 Å². The highest BCUT2D eigenvalue weighted by molar-refractivity contribution is 5.76. The fourth-order valence-corrected chi connectivity index (χ4v) is 1.82. The zero-order chi connectivity index (χ0) is 15.0. The maximum atomic E-state index is 11.8. The molecule has 1 unspecified atom stereocenters. The number of amides is 1. The molecule has 1 amide bonds. The first-order chi connectivity index (χ1) is 9.52. The Morgan fingerprint density at radius 1 is 1.45 bits per heavy atom. The fourth-order valence-electron chi connectivity index (χ4n) is 1.82. The molecule has 112 valence electrons. The molecule has 5 heteroatoms. The summed E-state index contributed by atoms with van der Waals surface area (Å²) in [6, 6.07) is 7.70. The van der Waals surface area contributed by atoms with Gasteiger partial charge in [-0.3, -0.25) is 4.79 Å². The van der Waals surface area contributed by atoms with Crippen LogP contribution in [0.1, 0.15) is 12.0 Å². The number of aliphatic hydroxyl groups excluding tert-OH is 1. The lowest BCUT2D eigenvalue weighted by Crippen LogP contribution is -2.36. The highest BCUT2D eigenvalue weighted by atomic mass is 16.5. The quantitative estimate of drug-likeness (QED) is 0.778. The predicted octanol–water partition coefficient (Wildman–Crippen LogP) is 1.23. The first-order valence-corrected chi connectivity index (χ1v) is 6.63. The zero-order valence-electron chi connectivity index (χ0n) is 12.3. The SMILES string of the molecule is COCC(O)CN(C)C(=O)CCOc1cccc(C)c1. The van der Waals surface area contributed by atoms with Crippen LogP contribution >= 0.6 is 0 Å². The van der Waals surface area contributed by atoms with E-state index < -0.39 is 6.10 Å². The van der Waals surface area contributed by atoms with Crippen molar-refractivity contribution in [1.82, 2.24) is 4.90 Å². The maximum absolute atomic E-state index is 11.8. The monoisotopic (exact) mass is 281 g/mol. The van der Waals surface area contributed by atoms with Crippen LogP contribution in [0.3, 0.4) is 0 Å². The molecule has 0 radical (unpaired) electrons. The molecule has 0 saturated heterocycles. The summed E-state index contributed by atoms with van der Waals surface area (Å²) >= 11 is 0. The summed E-state index contributed by atoms with van der Waals surface area (Å²) < 4.78 is 10.3. The van der Waals surface area contributed by atoms with Crippen molar-refractivity contribution in [3.05, 3.63) is 29.8 Å². The highest BCUT2D eigenvalue weighted by Gasteiger charge is 2.13. The molecule has 0 aliphatic heterocycles. The van der Waals surface area contributed by atoms with Gasteiger partial charge in [-0.25, -0.2) is 0 Å². The van der Waals surface area contributed by atoms with Crippen LogP contribution in [-0.2, 0) is 9.53 Å². The van der Waals surface area contributed by atoms with Gasteiger partial charge in [-0.2, -0.15) is 0 Å². The Labute approximate surface area is 120 Å². The van der Waals surface area contributed by atoms with Crippen LogP contribution in [0.5, 0.6) is 5.75 Å². The molecule has 0 heterocycles. The molecule has 0 bridgehead atoms. The molecule has 1 rings (SSSR count). The number of nitrogens with zero attached hydrogens (tertiary/aromatic N) is 1. The normalized spacial score (nSPS) is 12.0. The van der Waals surface area contributed by atoms with Crippen molar-refractivity contribution in [2.45, 2.75) is 19.4 Å². The smallest absolute Gasteiger partial charge is 0.225 e. The van der Waals surface area contributed by atoms with Crippen LogP contribution in [0.4, 0.5) is 0 Å². The Kier molecular flexibility index (Phi) is 7.04. The van der Waals surface area contributed by atoms with Gasteiger partial charge < -0.3 is 19.5 Å². The van der Waals surface area contributed by atoms with E-state index in [1.807, 2.05) is 31.2 Å². The molecule has 1 N–H and O–H groups in total. The summed E-state index contributed by atoms with van der Waals surface area (Å²) in [6.07, 6.45) is -0.379. The lowest BCUT2D eigenvalue weighted by molar-refractivity contribution is -0.132. The summed E-state index contributed by atoms with van der Waals surface area (Å²) in [6.45, 7) is 2.80. The second-order valence-corrected chi connectivity index (χ2v) is 4.80. The Bertz CT molecular complexity index is 422. The molecular formula is C15H23NO4. The fraction of sp³-hybridized carbons (Fsp3) is 0.533. The first kappa shape index (κ1) is 16.5. The molecule has 1 aromatic carbocycles. The van der Waals surface area contributed by atoms with E-state index in [1.165, 1.54) is 12.0 Å². The van der Waals surface area contributed by atoms with Gasteiger partial charge in [0.25, 0.3) is 0 Å². The van der Waals surface area contributed by atoms with Crippen LogP contribution in [-0.4, -0.2) is 55.9 Å². The van der Waals surface area contributed by atoms with Crippen molar-refractivity contribution in [2.24, 2.45) is 0 Å². The van der Waals surface area contributed by atoms with E-state index in [2.05, 4.69) is 0 Å². The number of carbonyl (C=O) groups is 1. The number of hydrogen-bond donors (Lipinski definition) is 1. The number of benzene rings is 1. The van der Waals surface area contributed by atoms with Gasteiger partial charge in [-0.15, -0.1) is 0 Å². The van der Waals surface area contributed by atoms with E-state index >= 15 is 0 Å². The van der Waals surface area contributed by atoms with Gasteiger partial charge in [0.1, 0.15) is 5.75 Å². The standard InChI is InChI=1S/C15H23NO4/c1-12-5-4-6-14(9-12)20-8-7-15(18)16(2)10-13(17)11-19-3/h4-6,9,13,17H,7-8,10-11H2,1-3H3. The Morgan fingerprint density at radius 3 is 2.85 bits per heavy atom. The number of aryl methyl sites for hydroxylation is 1. The summed E-state index contributed by atoms with van der Waals surface area (Å²) in [7, 11) is 3.18.